The average Bonchev–Trinajstić information content (AvgIpc) is 2.39. The minimum Gasteiger partial charge on any atom is -0.480 e. The minimum absolute atomic E-state index is 0.326. The fraction of sp³-hybridized carbons (Fsp3) is 0.923. The molecule has 4 nitrogen and oxygen atoms in total. The Morgan fingerprint density at radius 3 is 2.35 bits per heavy atom. The van der Waals surface area contributed by atoms with Crippen LogP contribution in [0, 0.1) is 5.92 Å². The van der Waals surface area contributed by atoms with Gasteiger partial charge in [0.05, 0.1) is 0 Å². The van der Waals surface area contributed by atoms with Crippen molar-refractivity contribution < 1.29 is 9.90 Å². The van der Waals surface area contributed by atoms with Gasteiger partial charge in [0.2, 0.25) is 0 Å². The second-order valence-corrected chi connectivity index (χ2v) is 5.52. The molecule has 1 unspecified atom stereocenters. The molecule has 0 aromatic carbocycles. The standard InChI is InChI=1S/C13H24N2O2/c1-13(12(16)17,11-5-3-2-4-6-11)15-9-7-14-8-10-15/h11,14H,2-10H2,1H3,(H,16,17). The molecule has 98 valence electrons. The van der Waals surface area contributed by atoms with Crippen molar-refractivity contribution in [2.24, 2.45) is 5.92 Å². The lowest BCUT2D eigenvalue weighted by atomic mass is 9.74. The fourth-order valence-electron chi connectivity index (χ4n) is 3.36. The van der Waals surface area contributed by atoms with E-state index in [0.717, 1.165) is 39.0 Å². The monoisotopic (exact) mass is 240 g/mol. The van der Waals surface area contributed by atoms with Gasteiger partial charge < -0.3 is 10.4 Å². The van der Waals surface area contributed by atoms with E-state index in [-0.39, 0.29) is 0 Å². The van der Waals surface area contributed by atoms with E-state index < -0.39 is 11.5 Å². The van der Waals surface area contributed by atoms with Gasteiger partial charge in [0.15, 0.2) is 0 Å². The molecular formula is C13H24N2O2. The third-order valence-electron chi connectivity index (χ3n) is 4.61. The Kier molecular flexibility index (Phi) is 4.05. The second-order valence-electron chi connectivity index (χ2n) is 5.52. The summed E-state index contributed by atoms with van der Waals surface area (Å²) in [6.07, 6.45) is 5.81. The molecule has 1 heterocycles. The van der Waals surface area contributed by atoms with Gasteiger partial charge in [-0.15, -0.1) is 0 Å². The molecule has 1 aliphatic carbocycles. The lowest BCUT2D eigenvalue weighted by Gasteiger charge is -2.46. The summed E-state index contributed by atoms with van der Waals surface area (Å²) in [6, 6.07) is 0. The summed E-state index contributed by atoms with van der Waals surface area (Å²) in [5.74, 6) is -0.307. The molecule has 2 rings (SSSR count). The molecule has 0 bridgehead atoms. The van der Waals surface area contributed by atoms with Crippen LogP contribution in [0.15, 0.2) is 0 Å². The molecule has 0 radical (unpaired) electrons. The first-order valence-electron chi connectivity index (χ1n) is 6.85. The molecule has 2 fully saturated rings. The fourth-order valence-corrected chi connectivity index (χ4v) is 3.36. The largest absolute Gasteiger partial charge is 0.480 e. The highest BCUT2D eigenvalue weighted by atomic mass is 16.4. The SMILES string of the molecule is CC(C(=O)O)(C1CCCCC1)N1CCNCC1. The van der Waals surface area contributed by atoms with Crippen LogP contribution < -0.4 is 5.32 Å². The van der Waals surface area contributed by atoms with Gasteiger partial charge >= 0.3 is 5.97 Å². The highest BCUT2D eigenvalue weighted by molar-refractivity contribution is 5.78. The number of carbonyl (C=O) groups is 1. The molecule has 2 aliphatic rings. The molecule has 0 amide bonds. The van der Waals surface area contributed by atoms with Gasteiger partial charge in [0.25, 0.3) is 0 Å². The van der Waals surface area contributed by atoms with E-state index in [2.05, 4.69) is 10.2 Å². The summed E-state index contributed by atoms with van der Waals surface area (Å²) < 4.78 is 0. The van der Waals surface area contributed by atoms with Gasteiger partial charge in [0.1, 0.15) is 5.54 Å². The zero-order chi connectivity index (χ0) is 12.3. The Balaban J connectivity index is 2.14. The Bertz CT molecular complexity index is 251. The van der Waals surface area contributed by atoms with E-state index >= 15 is 0 Å². The van der Waals surface area contributed by atoms with E-state index in [0.29, 0.717) is 5.92 Å². The number of piperazine rings is 1. The average molecular weight is 240 g/mol. The number of carboxylic acids is 1. The summed E-state index contributed by atoms with van der Waals surface area (Å²) in [6.45, 7) is 5.49. The van der Waals surface area contributed by atoms with Crippen LogP contribution in [-0.2, 0) is 4.79 Å². The maximum absolute atomic E-state index is 11.8. The van der Waals surface area contributed by atoms with Gasteiger partial charge in [-0.2, -0.15) is 0 Å². The molecule has 1 atom stereocenters. The maximum Gasteiger partial charge on any atom is 0.324 e. The molecular weight excluding hydrogens is 216 g/mol. The van der Waals surface area contributed by atoms with Crippen molar-refractivity contribution in [1.82, 2.24) is 10.2 Å². The zero-order valence-electron chi connectivity index (χ0n) is 10.7. The smallest absolute Gasteiger partial charge is 0.324 e. The van der Waals surface area contributed by atoms with Crippen molar-refractivity contribution in [3.8, 4) is 0 Å². The molecule has 1 aliphatic heterocycles. The second kappa shape index (κ2) is 5.36. The third-order valence-corrected chi connectivity index (χ3v) is 4.61. The van der Waals surface area contributed by atoms with Crippen LogP contribution in [0.4, 0.5) is 0 Å². The molecule has 1 saturated carbocycles. The Morgan fingerprint density at radius 1 is 1.24 bits per heavy atom. The highest BCUT2D eigenvalue weighted by Gasteiger charge is 2.46. The Hall–Kier alpha value is -0.610. The third kappa shape index (κ3) is 2.47. The van der Waals surface area contributed by atoms with Gasteiger partial charge in [-0.1, -0.05) is 19.3 Å². The van der Waals surface area contributed by atoms with E-state index in [4.69, 9.17) is 0 Å². The van der Waals surface area contributed by atoms with Gasteiger partial charge in [-0.25, -0.2) is 0 Å². The normalized spacial score (nSPS) is 27.6. The van der Waals surface area contributed by atoms with Crippen molar-refractivity contribution in [3.63, 3.8) is 0 Å². The van der Waals surface area contributed by atoms with Crippen LogP contribution in [0.2, 0.25) is 0 Å². The molecule has 0 aromatic rings. The number of nitrogens with one attached hydrogen (secondary N) is 1. The lowest BCUT2D eigenvalue weighted by Crippen LogP contribution is -2.62. The zero-order valence-corrected chi connectivity index (χ0v) is 10.7. The molecule has 0 aromatic heterocycles. The van der Waals surface area contributed by atoms with E-state index in [9.17, 15) is 9.90 Å². The van der Waals surface area contributed by atoms with Crippen LogP contribution in [0.5, 0.6) is 0 Å². The molecule has 17 heavy (non-hydrogen) atoms. The number of carboxylic acid groups (broad SMARTS) is 1. The summed E-state index contributed by atoms with van der Waals surface area (Å²) >= 11 is 0. The molecule has 0 spiro atoms. The van der Waals surface area contributed by atoms with Crippen molar-refractivity contribution in [3.05, 3.63) is 0 Å². The van der Waals surface area contributed by atoms with Crippen molar-refractivity contribution in [2.45, 2.75) is 44.6 Å². The van der Waals surface area contributed by atoms with Crippen LogP contribution >= 0.6 is 0 Å². The summed E-state index contributed by atoms with van der Waals surface area (Å²) in [5.41, 5.74) is -0.650. The van der Waals surface area contributed by atoms with Gasteiger partial charge in [-0.3, -0.25) is 9.69 Å². The number of rotatable bonds is 3. The Labute approximate surface area is 103 Å². The first-order valence-corrected chi connectivity index (χ1v) is 6.85. The minimum atomic E-state index is -0.650. The van der Waals surface area contributed by atoms with Crippen molar-refractivity contribution in [2.75, 3.05) is 26.2 Å². The maximum atomic E-state index is 11.8. The molecule has 1 saturated heterocycles. The number of hydrogen-bond donors (Lipinski definition) is 2. The topological polar surface area (TPSA) is 52.6 Å². The van der Waals surface area contributed by atoms with Gasteiger partial charge in [0, 0.05) is 26.2 Å². The van der Waals surface area contributed by atoms with Crippen LogP contribution in [-0.4, -0.2) is 47.7 Å². The first kappa shape index (κ1) is 12.8. The summed E-state index contributed by atoms with van der Waals surface area (Å²) in [5, 5.41) is 13.0. The van der Waals surface area contributed by atoms with E-state index in [1.807, 2.05) is 6.92 Å². The van der Waals surface area contributed by atoms with E-state index in [1.54, 1.807) is 0 Å². The van der Waals surface area contributed by atoms with Crippen LogP contribution in [0.1, 0.15) is 39.0 Å². The quantitative estimate of drug-likeness (QED) is 0.781. The van der Waals surface area contributed by atoms with Crippen LogP contribution in [0.25, 0.3) is 0 Å². The summed E-state index contributed by atoms with van der Waals surface area (Å²) in [7, 11) is 0. The predicted molar refractivity (Wildman–Crippen MR) is 67.1 cm³/mol. The first-order chi connectivity index (χ1) is 8.15. The predicted octanol–water partition coefficient (Wildman–Crippen LogP) is 1.32. The van der Waals surface area contributed by atoms with Crippen molar-refractivity contribution in [1.29, 1.82) is 0 Å². The number of aliphatic carboxylic acids is 1. The van der Waals surface area contributed by atoms with Crippen LogP contribution in [0.3, 0.4) is 0 Å². The summed E-state index contributed by atoms with van der Waals surface area (Å²) in [4.78, 5) is 13.9. The van der Waals surface area contributed by atoms with Crippen molar-refractivity contribution >= 4 is 5.97 Å². The molecule has 4 heteroatoms. The lowest BCUT2D eigenvalue weighted by molar-refractivity contribution is -0.156. The highest BCUT2D eigenvalue weighted by Crippen LogP contribution is 2.36. The number of nitrogens with zero attached hydrogens (tertiary/aromatic N) is 1. The molecule has 2 N–H and O–H groups in total. The number of hydrogen-bond acceptors (Lipinski definition) is 3. The Morgan fingerprint density at radius 2 is 1.82 bits per heavy atom. The van der Waals surface area contributed by atoms with Gasteiger partial charge in [-0.05, 0) is 25.7 Å². The van der Waals surface area contributed by atoms with E-state index in [1.165, 1.54) is 19.3 Å².